The smallest absolute Gasteiger partial charge is 0.218 e. The van der Waals surface area contributed by atoms with E-state index in [0.29, 0.717) is 5.41 Å². The number of rotatable bonds is 6. The minimum absolute atomic E-state index is 0.0191. The van der Waals surface area contributed by atoms with Gasteiger partial charge >= 0.3 is 0 Å². The fourth-order valence-electron chi connectivity index (χ4n) is 1.44. The van der Waals surface area contributed by atoms with E-state index in [1.54, 1.807) is 18.7 Å². The van der Waals surface area contributed by atoms with Crippen molar-refractivity contribution in [1.82, 2.24) is 5.32 Å². The van der Waals surface area contributed by atoms with Crippen molar-refractivity contribution in [2.75, 3.05) is 5.75 Å². The fourth-order valence-corrected chi connectivity index (χ4v) is 2.87. The number of thioether (sulfide) groups is 1. The van der Waals surface area contributed by atoms with Crippen LogP contribution in [-0.4, -0.2) is 11.7 Å². The Bertz CT molecular complexity index is 375. The zero-order valence-electron chi connectivity index (χ0n) is 11.7. The van der Waals surface area contributed by atoms with Crippen LogP contribution in [0.25, 0.3) is 0 Å². The molecule has 0 bridgehead atoms. The van der Waals surface area contributed by atoms with Crippen molar-refractivity contribution >= 4 is 17.7 Å². The van der Waals surface area contributed by atoms with E-state index in [1.165, 1.54) is 0 Å². The third kappa shape index (κ3) is 5.13. The van der Waals surface area contributed by atoms with Crippen LogP contribution in [0.15, 0.2) is 30.3 Å². The van der Waals surface area contributed by atoms with Crippen LogP contribution in [0.2, 0.25) is 0 Å². The van der Waals surface area contributed by atoms with Crippen molar-refractivity contribution in [2.45, 2.75) is 39.5 Å². The Labute approximate surface area is 115 Å². The SMILES string of the molecule is CCC(C)(C)CSC(NC(C)=O)c1ccccc1. The first-order valence-corrected chi connectivity index (χ1v) is 7.43. The number of hydrogen-bond acceptors (Lipinski definition) is 2. The minimum Gasteiger partial charge on any atom is -0.340 e. The van der Waals surface area contributed by atoms with Crippen LogP contribution in [0, 0.1) is 5.41 Å². The Balaban J connectivity index is 2.71. The molecule has 0 aromatic heterocycles. The number of benzene rings is 1. The van der Waals surface area contributed by atoms with Crippen molar-refractivity contribution < 1.29 is 4.79 Å². The van der Waals surface area contributed by atoms with Gasteiger partial charge in [0.1, 0.15) is 5.37 Å². The molecule has 0 aliphatic heterocycles. The standard InChI is InChI=1S/C15H23NOS/c1-5-15(3,4)11-18-14(16-12(2)17)13-9-7-6-8-10-13/h6-10,14H,5,11H2,1-4H3,(H,16,17). The molecule has 1 amide bonds. The Morgan fingerprint density at radius 3 is 2.44 bits per heavy atom. The van der Waals surface area contributed by atoms with Gasteiger partial charge in [-0.1, -0.05) is 57.5 Å². The van der Waals surface area contributed by atoms with Crippen LogP contribution in [0.4, 0.5) is 0 Å². The van der Waals surface area contributed by atoms with Crippen molar-refractivity contribution in [2.24, 2.45) is 5.41 Å². The van der Waals surface area contributed by atoms with E-state index in [1.807, 2.05) is 18.2 Å². The van der Waals surface area contributed by atoms with Gasteiger partial charge in [-0.25, -0.2) is 0 Å². The normalized spacial score (nSPS) is 13.1. The van der Waals surface area contributed by atoms with Gasteiger partial charge in [0.15, 0.2) is 0 Å². The highest BCUT2D eigenvalue weighted by Crippen LogP contribution is 2.33. The summed E-state index contributed by atoms with van der Waals surface area (Å²) in [5.41, 5.74) is 1.46. The van der Waals surface area contributed by atoms with Crippen molar-refractivity contribution in [1.29, 1.82) is 0 Å². The number of carbonyl (C=O) groups excluding carboxylic acids is 1. The van der Waals surface area contributed by atoms with Crippen molar-refractivity contribution in [3.8, 4) is 0 Å². The number of nitrogens with one attached hydrogen (secondary N) is 1. The van der Waals surface area contributed by atoms with E-state index in [0.717, 1.165) is 17.7 Å². The molecule has 0 fully saturated rings. The lowest BCUT2D eigenvalue weighted by Gasteiger charge is -2.26. The molecule has 0 aliphatic carbocycles. The molecule has 0 saturated carbocycles. The van der Waals surface area contributed by atoms with Gasteiger partial charge in [0.05, 0.1) is 0 Å². The van der Waals surface area contributed by atoms with Crippen LogP contribution in [0.3, 0.4) is 0 Å². The molecule has 1 N–H and O–H groups in total. The summed E-state index contributed by atoms with van der Waals surface area (Å²) in [6.45, 7) is 8.30. The van der Waals surface area contributed by atoms with Gasteiger partial charge in [-0.2, -0.15) is 0 Å². The Morgan fingerprint density at radius 2 is 1.94 bits per heavy atom. The lowest BCUT2D eigenvalue weighted by Crippen LogP contribution is -2.25. The molecule has 1 atom stereocenters. The molecule has 1 unspecified atom stereocenters. The summed E-state index contributed by atoms with van der Waals surface area (Å²) in [5, 5.41) is 3.07. The summed E-state index contributed by atoms with van der Waals surface area (Å²) in [5.74, 6) is 1.05. The third-order valence-corrected chi connectivity index (χ3v) is 4.71. The summed E-state index contributed by atoms with van der Waals surface area (Å²) in [4.78, 5) is 11.3. The fraction of sp³-hybridized carbons (Fsp3) is 0.533. The van der Waals surface area contributed by atoms with Gasteiger partial charge in [-0.15, -0.1) is 11.8 Å². The van der Waals surface area contributed by atoms with E-state index in [9.17, 15) is 4.79 Å². The van der Waals surface area contributed by atoms with Crippen LogP contribution < -0.4 is 5.32 Å². The molecule has 1 aromatic carbocycles. The van der Waals surface area contributed by atoms with Crippen molar-refractivity contribution in [3.05, 3.63) is 35.9 Å². The Morgan fingerprint density at radius 1 is 1.33 bits per heavy atom. The van der Waals surface area contributed by atoms with Crippen LogP contribution >= 0.6 is 11.8 Å². The lowest BCUT2D eigenvalue weighted by atomic mass is 9.93. The predicted octanol–water partition coefficient (Wildman–Crippen LogP) is 3.99. The maximum atomic E-state index is 11.3. The van der Waals surface area contributed by atoms with Gasteiger partial charge < -0.3 is 5.32 Å². The number of carbonyl (C=O) groups is 1. The maximum absolute atomic E-state index is 11.3. The van der Waals surface area contributed by atoms with E-state index in [-0.39, 0.29) is 11.3 Å². The molecule has 18 heavy (non-hydrogen) atoms. The molecule has 0 saturated heterocycles. The summed E-state index contributed by atoms with van der Waals surface area (Å²) in [6.07, 6.45) is 1.14. The lowest BCUT2D eigenvalue weighted by molar-refractivity contribution is -0.119. The second kappa shape index (κ2) is 6.83. The number of amides is 1. The second-order valence-corrected chi connectivity index (χ2v) is 6.41. The molecule has 0 aliphatic rings. The van der Waals surface area contributed by atoms with Gasteiger partial charge in [0, 0.05) is 12.7 Å². The van der Waals surface area contributed by atoms with Crippen molar-refractivity contribution in [3.63, 3.8) is 0 Å². The molecule has 0 heterocycles. The molecular formula is C15H23NOS. The monoisotopic (exact) mass is 265 g/mol. The molecule has 100 valence electrons. The highest BCUT2D eigenvalue weighted by molar-refractivity contribution is 7.99. The number of hydrogen-bond donors (Lipinski definition) is 1. The first-order chi connectivity index (χ1) is 8.44. The van der Waals surface area contributed by atoms with Gasteiger partial charge in [-0.05, 0) is 11.0 Å². The van der Waals surface area contributed by atoms with Gasteiger partial charge in [0.25, 0.3) is 0 Å². The Kier molecular flexibility index (Phi) is 5.73. The Hall–Kier alpha value is -0.960. The molecule has 3 heteroatoms. The largest absolute Gasteiger partial charge is 0.340 e. The highest BCUT2D eigenvalue weighted by Gasteiger charge is 2.20. The zero-order valence-corrected chi connectivity index (χ0v) is 12.5. The van der Waals surface area contributed by atoms with Crippen LogP contribution in [0.5, 0.6) is 0 Å². The third-order valence-electron chi connectivity index (χ3n) is 3.03. The topological polar surface area (TPSA) is 29.1 Å². The molecule has 1 rings (SSSR count). The van der Waals surface area contributed by atoms with E-state index in [2.05, 4.69) is 38.2 Å². The second-order valence-electron chi connectivity index (χ2n) is 5.32. The van der Waals surface area contributed by atoms with Crippen LogP contribution in [-0.2, 0) is 4.79 Å². The molecule has 0 radical (unpaired) electrons. The van der Waals surface area contributed by atoms with Crippen LogP contribution in [0.1, 0.15) is 45.1 Å². The average Bonchev–Trinajstić information content (AvgIpc) is 2.35. The van der Waals surface area contributed by atoms with E-state index in [4.69, 9.17) is 0 Å². The summed E-state index contributed by atoms with van der Waals surface area (Å²) >= 11 is 1.80. The molecular weight excluding hydrogens is 242 g/mol. The van der Waals surface area contributed by atoms with Gasteiger partial charge in [-0.3, -0.25) is 4.79 Å². The highest BCUT2D eigenvalue weighted by atomic mass is 32.2. The average molecular weight is 265 g/mol. The molecule has 1 aromatic rings. The first kappa shape index (κ1) is 15.1. The summed E-state index contributed by atoms with van der Waals surface area (Å²) in [6, 6.07) is 10.1. The first-order valence-electron chi connectivity index (χ1n) is 6.38. The maximum Gasteiger partial charge on any atom is 0.218 e. The zero-order chi connectivity index (χ0) is 13.6. The quantitative estimate of drug-likeness (QED) is 0.788. The molecule has 0 spiro atoms. The minimum atomic E-state index is 0.0191. The predicted molar refractivity (Wildman–Crippen MR) is 79.5 cm³/mol. The van der Waals surface area contributed by atoms with Gasteiger partial charge in [0.2, 0.25) is 5.91 Å². The van der Waals surface area contributed by atoms with E-state index < -0.39 is 0 Å². The summed E-state index contributed by atoms with van der Waals surface area (Å²) in [7, 11) is 0. The summed E-state index contributed by atoms with van der Waals surface area (Å²) < 4.78 is 0. The van der Waals surface area contributed by atoms with E-state index >= 15 is 0 Å². The molecule has 2 nitrogen and oxygen atoms in total.